The maximum absolute atomic E-state index is 8.80. The van der Waals surface area contributed by atoms with Gasteiger partial charge in [0.25, 0.3) is 0 Å². The Kier molecular flexibility index (Phi) is 4.44. The summed E-state index contributed by atoms with van der Waals surface area (Å²) >= 11 is 3.27. The Hall–Kier alpha value is -1.05. The maximum Gasteiger partial charge on any atom is 0.137 e. The minimum atomic E-state index is 0.0956. The van der Waals surface area contributed by atoms with E-state index in [1.54, 1.807) is 12.1 Å². The van der Waals surface area contributed by atoms with Gasteiger partial charge in [0.2, 0.25) is 0 Å². The van der Waals surface area contributed by atoms with E-state index in [1.807, 2.05) is 12.1 Å². The van der Waals surface area contributed by atoms with Crippen molar-refractivity contribution in [2.75, 3.05) is 13.2 Å². The van der Waals surface area contributed by atoms with E-state index in [1.165, 1.54) is 0 Å². The number of aliphatic hydroxyl groups excluding tert-OH is 1. The van der Waals surface area contributed by atoms with Crippen LogP contribution in [-0.2, 0) is 0 Å². The molecule has 0 bridgehead atoms. The third-order valence-corrected chi connectivity index (χ3v) is 2.12. The Labute approximate surface area is 91.1 Å². The van der Waals surface area contributed by atoms with Crippen molar-refractivity contribution in [3.8, 4) is 11.8 Å². The van der Waals surface area contributed by atoms with Crippen molar-refractivity contribution in [2.45, 2.75) is 6.42 Å². The van der Waals surface area contributed by atoms with Crippen LogP contribution in [0, 0.1) is 11.3 Å². The summed E-state index contributed by atoms with van der Waals surface area (Å²) in [5.74, 6) is 0.559. The molecule has 1 rings (SSSR count). The zero-order valence-electron chi connectivity index (χ0n) is 7.53. The molecule has 0 spiro atoms. The fraction of sp³-hybridized carbons (Fsp3) is 0.300. The van der Waals surface area contributed by atoms with Crippen molar-refractivity contribution in [3.63, 3.8) is 0 Å². The molecule has 0 saturated heterocycles. The van der Waals surface area contributed by atoms with Crippen LogP contribution in [-0.4, -0.2) is 18.3 Å². The highest BCUT2D eigenvalue weighted by atomic mass is 79.9. The van der Waals surface area contributed by atoms with E-state index < -0.39 is 0 Å². The SMILES string of the molecule is N#Cc1cc(Br)ccc1OCCCO. The van der Waals surface area contributed by atoms with E-state index in [9.17, 15) is 0 Å². The molecule has 0 radical (unpaired) electrons. The third-order valence-electron chi connectivity index (χ3n) is 1.62. The van der Waals surface area contributed by atoms with Crippen LogP contribution >= 0.6 is 15.9 Å². The number of benzene rings is 1. The predicted octanol–water partition coefficient (Wildman–Crippen LogP) is 2.08. The second kappa shape index (κ2) is 5.63. The lowest BCUT2D eigenvalue weighted by Crippen LogP contribution is -2.00. The second-order valence-electron chi connectivity index (χ2n) is 2.68. The fourth-order valence-corrected chi connectivity index (χ4v) is 1.32. The molecule has 1 N–H and O–H groups in total. The Morgan fingerprint density at radius 2 is 2.29 bits per heavy atom. The molecular formula is C10H10BrNO2. The van der Waals surface area contributed by atoms with Gasteiger partial charge in [-0.25, -0.2) is 0 Å². The number of hydrogen-bond donors (Lipinski definition) is 1. The van der Waals surface area contributed by atoms with Crippen molar-refractivity contribution in [1.29, 1.82) is 5.26 Å². The third kappa shape index (κ3) is 3.02. The Morgan fingerprint density at radius 1 is 1.50 bits per heavy atom. The van der Waals surface area contributed by atoms with Crippen LogP contribution in [0.15, 0.2) is 22.7 Å². The first-order valence-corrected chi connectivity index (χ1v) is 5.00. The topological polar surface area (TPSA) is 53.2 Å². The molecule has 1 aromatic carbocycles. The molecule has 0 unspecified atom stereocenters. The lowest BCUT2D eigenvalue weighted by atomic mass is 10.2. The Morgan fingerprint density at radius 3 is 2.93 bits per heavy atom. The molecule has 0 fully saturated rings. The zero-order chi connectivity index (χ0) is 10.4. The van der Waals surface area contributed by atoms with Gasteiger partial charge >= 0.3 is 0 Å². The molecule has 14 heavy (non-hydrogen) atoms. The lowest BCUT2D eigenvalue weighted by Gasteiger charge is -2.06. The average molecular weight is 256 g/mol. The standard InChI is InChI=1S/C10H10BrNO2/c11-9-2-3-10(8(6-9)7-12)14-5-1-4-13/h2-3,6,13H,1,4-5H2. The van der Waals surface area contributed by atoms with E-state index in [0.29, 0.717) is 24.3 Å². The van der Waals surface area contributed by atoms with Crippen LogP contribution in [0.1, 0.15) is 12.0 Å². The van der Waals surface area contributed by atoms with Gasteiger partial charge < -0.3 is 9.84 Å². The molecule has 0 aliphatic heterocycles. The number of nitriles is 1. The minimum absolute atomic E-state index is 0.0956. The zero-order valence-corrected chi connectivity index (χ0v) is 9.12. The number of ether oxygens (including phenoxy) is 1. The van der Waals surface area contributed by atoms with Gasteiger partial charge in [0.1, 0.15) is 11.8 Å². The first-order valence-electron chi connectivity index (χ1n) is 4.21. The van der Waals surface area contributed by atoms with Gasteiger partial charge in [0.05, 0.1) is 12.2 Å². The van der Waals surface area contributed by atoms with E-state index in [0.717, 1.165) is 4.47 Å². The highest BCUT2D eigenvalue weighted by molar-refractivity contribution is 9.10. The van der Waals surface area contributed by atoms with Crippen LogP contribution in [0.5, 0.6) is 5.75 Å². The van der Waals surface area contributed by atoms with Crippen molar-refractivity contribution < 1.29 is 9.84 Å². The number of aliphatic hydroxyl groups is 1. The number of halogens is 1. The quantitative estimate of drug-likeness (QED) is 0.839. The summed E-state index contributed by atoms with van der Waals surface area (Å²) in [4.78, 5) is 0. The smallest absolute Gasteiger partial charge is 0.137 e. The molecule has 0 heterocycles. The highest BCUT2D eigenvalue weighted by Gasteiger charge is 2.02. The molecule has 4 heteroatoms. The normalized spacial score (nSPS) is 9.50. The second-order valence-corrected chi connectivity index (χ2v) is 3.59. The molecule has 0 aromatic heterocycles. The van der Waals surface area contributed by atoms with Gasteiger partial charge in [0, 0.05) is 17.5 Å². The molecule has 0 aliphatic rings. The summed E-state index contributed by atoms with van der Waals surface area (Å²) in [5.41, 5.74) is 0.498. The van der Waals surface area contributed by atoms with Crippen LogP contribution in [0.25, 0.3) is 0 Å². The van der Waals surface area contributed by atoms with Crippen LogP contribution in [0.2, 0.25) is 0 Å². The first kappa shape index (κ1) is 11.0. The van der Waals surface area contributed by atoms with E-state index >= 15 is 0 Å². The molecule has 3 nitrogen and oxygen atoms in total. The van der Waals surface area contributed by atoms with Gasteiger partial charge in [-0.1, -0.05) is 15.9 Å². The maximum atomic E-state index is 8.80. The Bertz CT molecular complexity index is 346. The van der Waals surface area contributed by atoms with Gasteiger partial charge in [-0.2, -0.15) is 5.26 Å². The summed E-state index contributed by atoms with van der Waals surface area (Å²) in [6, 6.07) is 7.30. The number of nitrogens with zero attached hydrogens (tertiary/aromatic N) is 1. The molecule has 0 atom stereocenters. The molecule has 74 valence electrons. The van der Waals surface area contributed by atoms with Crippen LogP contribution < -0.4 is 4.74 Å². The number of rotatable bonds is 4. The van der Waals surface area contributed by atoms with Gasteiger partial charge in [0.15, 0.2) is 0 Å². The van der Waals surface area contributed by atoms with Crippen molar-refractivity contribution >= 4 is 15.9 Å². The van der Waals surface area contributed by atoms with E-state index in [4.69, 9.17) is 15.1 Å². The monoisotopic (exact) mass is 255 g/mol. The fourth-order valence-electron chi connectivity index (χ4n) is 0.962. The molecular weight excluding hydrogens is 246 g/mol. The molecule has 0 amide bonds. The summed E-state index contributed by atoms with van der Waals surface area (Å²) in [6.45, 7) is 0.519. The lowest BCUT2D eigenvalue weighted by molar-refractivity contribution is 0.233. The molecule has 1 aromatic rings. The summed E-state index contributed by atoms with van der Waals surface area (Å²) in [7, 11) is 0. The summed E-state index contributed by atoms with van der Waals surface area (Å²) in [5, 5.41) is 17.4. The summed E-state index contributed by atoms with van der Waals surface area (Å²) in [6.07, 6.45) is 0.570. The van der Waals surface area contributed by atoms with E-state index in [-0.39, 0.29) is 6.61 Å². The average Bonchev–Trinajstić information content (AvgIpc) is 2.20. The Balaban J connectivity index is 2.72. The first-order chi connectivity index (χ1) is 6.77. The van der Waals surface area contributed by atoms with Crippen molar-refractivity contribution in [1.82, 2.24) is 0 Å². The van der Waals surface area contributed by atoms with Crippen molar-refractivity contribution in [3.05, 3.63) is 28.2 Å². The number of hydrogen-bond acceptors (Lipinski definition) is 3. The molecule has 0 aliphatic carbocycles. The van der Waals surface area contributed by atoms with E-state index in [2.05, 4.69) is 15.9 Å². The van der Waals surface area contributed by atoms with Crippen LogP contribution in [0.3, 0.4) is 0 Å². The predicted molar refractivity (Wildman–Crippen MR) is 56.1 cm³/mol. The summed E-state index contributed by atoms with van der Waals surface area (Å²) < 4.78 is 6.17. The largest absolute Gasteiger partial charge is 0.492 e. The van der Waals surface area contributed by atoms with Crippen molar-refractivity contribution in [2.24, 2.45) is 0 Å². The van der Waals surface area contributed by atoms with Crippen LogP contribution in [0.4, 0.5) is 0 Å². The van der Waals surface area contributed by atoms with Gasteiger partial charge in [-0.05, 0) is 18.2 Å². The molecule has 0 saturated carbocycles. The minimum Gasteiger partial charge on any atom is -0.492 e. The van der Waals surface area contributed by atoms with Gasteiger partial charge in [-0.15, -0.1) is 0 Å². The highest BCUT2D eigenvalue weighted by Crippen LogP contribution is 2.22. The van der Waals surface area contributed by atoms with Gasteiger partial charge in [-0.3, -0.25) is 0 Å².